The van der Waals surface area contributed by atoms with Crippen LogP contribution in [0.2, 0.25) is 0 Å². The van der Waals surface area contributed by atoms with Crippen molar-refractivity contribution in [2.75, 3.05) is 11.4 Å². The summed E-state index contributed by atoms with van der Waals surface area (Å²) in [5, 5.41) is 0. The molecule has 5 heteroatoms. The summed E-state index contributed by atoms with van der Waals surface area (Å²) in [7, 11) is 0. The van der Waals surface area contributed by atoms with Crippen LogP contribution in [0, 0.1) is 0 Å². The minimum absolute atomic E-state index is 0.0295. The first-order valence-electron chi connectivity index (χ1n) is 7.91. The largest absolute Gasteiger partial charge is 0.312 e. The predicted molar refractivity (Wildman–Crippen MR) is 88.8 cm³/mol. The molecule has 0 aliphatic carbocycles. The van der Waals surface area contributed by atoms with E-state index in [0.29, 0.717) is 17.7 Å². The first-order chi connectivity index (χ1) is 11.6. The Morgan fingerprint density at radius 1 is 1.04 bits per heavy atom. The van der Waals surface area contributed by atoms with Gasteiger partial charge < -0.3 is 4.90 Å². The second-order valence-corrected chi connectivity index (χ2v) is 6.13. The summed E-state index contributed by atoms with van der Waals surface area (Å²) in [4.78, 5) is 39.5. The summed E-state index contributed by atoms with van der Waals surface area (Å²) in [6.07, 6.45) is 0.796. The van der Waals surface area contributed by atoms with E-state index in [4.69, 9.17) is 0 Å². The van der Waals surface area contributed by atoms with Crippen molar-refractivity contribution in [2.45, 2.75) is 19.9 Å². The number of carbonyl (C=O) groups is 3. The monoisotopic (exact) mass is 320 g/mol. The molecule has 2 aromatic carbocycles. The molecule has 4 rings (SSSR count). The fourth-order valence-corrected chi connectivity index (χ4v) is 3.45. The van der Waals surface area contributed by atoms with Crippen LogP contribution in [0.5, 0.6) is 0 Å². The molecule has 2 aromatic rings. The Kier molecular flexibility index (Phi) is 3.23. The molecule has 120 valence electrons. The van der Waals surface area contributed by atoms with Gasteiger partial charge in [0.25, 0.3) is 11.8 Å². The van der Waals surface area contributed by atoms with Crippen LogP contribution in [-0.4, -0.2) is 29.2 Å². The minimum atomic E-state index is -0.249. The van der Waals surface area contributed by atoms with E-state index in [9.17, 15) is 14.4 Å². The van der Waals surface area contributed by atoms with Crippen molar-refractivity contribution in [1.82, 2.24) is 4.90 Å². The fraction of sp³-hybridized carbons (Fsp3) is 0.211. The van der Waals surface area contributed by atoms with E-state index in [1.807, 2.05) is 18.2 Å². The van der Waals surface area contributed by atoms with E-state index in [1.54, 1.807) is 36.1 Å². The summed E-state index contributed by atoms with van der Waals surface area (Å²) in [6, 6.07) is 12.7. The SMILES string of the molecule is CC(=O)N1CCc2cc(CN3C(=O)c4ccccc4C3=O)ccc21. The number of anilines is 1. The van der Waals surface area contributed by atoms with Crippen LogP contribution >= 0.6 is 0 Å². The maximum atomic E-state index is 12.4. The second kappa shape index (κ2) is 5.30. The Hall–Kier alpha value is -2.95. The Balaban J connectivity index is 1.61. The lowest BCUT2D eigenvalue weighted by Crippen LogP contribution is -2.29. The van der Waals surface area contributed by atoms with Gasteiger partial charge >= 0.3 is 0 Å². The molecule has 24 heavy (non-hydrogen) atoms. The third-order valence-corrected chi connectivity index (χ3v) is 4.64. The van der Waals surface area contributed by atoms with Gasteiger partial charge in [0.1, 0.15) is 0 Å². The third kappa shape index (κ3) is 2.12. The van der Waals surface area contributed by atoms with Crippen molar-refractivity contribution in [3.8, 4) is 0 Å². The van der Waals surface area contributed by atoms with Gasteiger partial charge in [-0.1, -0.05) is 24.3 Å². The summed E-state index contributed by atoms with van der Waals surface area (Å²) >= 11 is 0. The standard InChI is InChI=1S/C19H16N2O3/c1-12(22)20-9-8-14-10-13(6-7-17(14)20)11-21-18(23)15-4-2-3-5-16(15)19(21)24/h2-7,10H,8-9,11H2,1H3. The molecule has 0 radical (unpaired) electrons. The van der Waals surface area contributed by atoms with Gasteiger partial charge in [-0.25, -0.2) is 0 Å². The molecular formula is C19H16N2O3. The molecule has 0 bridgehead atoms. The van der Waals surface area contributed by atoms with E-state index < -0.39 is 0 Å². The topological polar surface area (TPSA) is 57.7 Å². The normalized spacial score (nSPS) is 15.7. The van der Waals surface area contributed by atoms with E-state index in [1.165, 1.54) is 4.90 Å². The van der Waals surface area contributed by atoms with Crippen LogP contribution < -0.4 is 4.90 Å². The molecule has 5 nitrogen and oxygen atoms in total. The quantitative estimate of drug-likeness (QED) is 0.798. The predicted octanol–water partition coefficient (Wildman–Crippen LogP) is 2.39. The second-order valence-electron chi connectivity index (χ2n) is 6.13. The molecule has 0 N–H and O–H groups in total. The number of amides is 3. The lowest BCUT2D eigenvalue weighted by Gasteiger charge is -2.17. The number of imide groups is 1. The molecule has 0 spiro atoms. The molecule has 2 aliphatic heterocycles. The van der Waals surface area contributed by atoms with Crippen LogP contribution in [0.15, 0.2) is 42.5 Å². The molecule has 0 fully saturated rings. The van der Waals surface area contributed by atoms with Gasteiger partial charge in [-0.05, 0) is 35.7 Å². The molecule has 0 saturated heterocycles. The zero-order valence-electron chi connectivity index (χ0n) is 13.3. The Morgan fingerprint density at radius 3 is 2.33 bits per heavy atom. The number of rotatable bonds is 2. The number of nitrogens with zero attached hydrogens (tertiary/aromatic N) is 2. The van der Waals surface area contributed by atoms with Crippen LogP contribution in [0.1, 0.15) is 38.8 Å². The average Bonchev–Trinajstić information content (AvgIpc) is 3.10. The Morgan fingerprint density at radius 2 is 1.71 bits per heavy atom. The zero-order chi connectivity index (χ0) is 16.8. The van der Waals surface area contributed by atoms with Crippen LogP contribution in [0.25, 0.3) is 0 Å². The molecule has 2 heterocycles. The van der Waals surface area contributed by atoms with Gasteiger partial charge in [0, 0.05) is 19.2 Å². The van der Waals surface area contributed by atoms with Gasteiger partial charge in [-0.15, -0.1) is 0 Å². The van der Waals surface area contributed by atoms with Gasteiger partial charge in [-0.3, -0.25) is 19.3 Å². The highest BCUT2D eigenvalue weighted by molar-refractivity contribution is 6.21. The highest BCUT2D eigenvalue weighted by Crippen LogP contribution is 2.30. The van der Waals surface area contributed by atoms with Gasteiger partial charge in [0.2, 0.25) is 5.91 Å². The van der Waals surface area contributed by atoms with Gasteiger partial charge in [0.05, 0.1) is 17.7 Å². The molecule has 0 aromatic heterocycles. The molecule has 0 unspecified atom stereocenters. The average molecular weight is 320 g/mol. The summed E-state index contributed by atoms with van der Waals surface area (Å²) in [6.45, 7) is 2.49. The Bertz CT molecular complexity index is 853. The minimum Gasteiger partial charge on any atom is -0.312 e. The first kappa shape index (κ1) is 14.6. The van der Waals surface area contributed by atoms with Crippen molar-refractivity contribution >= 4 is 23.4 Å². The molecule has 3 amide bonds. The van der Waals surface area contributed by atoms with Crippen molar-refractivity contribution in [3.05, 3.63) is 64.7 Å². The number of hydrogen-bond acceptors (Lipinski definition) is 3. The van der Waals surface area contributed by atoms with E-state index in [2.05, 4.69) is 0 Å². The zero-order valence-corrected chi connectivity index (χ0v) is 13.3. The molecule has 0 atom stereocenters. The highest BCUT2D eigenvalue weighted by atomic mass is 16.2. The summed E-state index contributed by atoms with van der Waals surface area (Å²) < 4.78 is 0. The number of fused-ring (bicyclic) bond motifs is 2. The molecule has 0 saturated carbocycles. The summed E-state index contributed by atoms with van der Waals surface area (Å²) in [5.41, 5.74) is 3.83. The van der Waals surface area contributed by atoms with E-state index in [-0.39, 0.29) is 24.3 Å². The van der Waals surface area contributed by atoms with Crippen LogP contribution in [0.3, 0.4) is 0 Å². The van der Waals surface area contributed by atoms with Gasteiger partial charge in [0.15, 0.2) is 0 Å². The van der Waals surface area contributed by atoms with Crippen molar-refractivity contribution in [1.29, 1.82) is 0 Å². The van der Waals surface area contributed by atoms with E-state index in [0.717, 1.165) is 23.2 Å². The fourth-order valence-electron chi connectivity index (χ4n) is 3.45. The lowest BCUT2D eigenvalue weighted by atomic mass is 10.1. The first-order valence-corrected chi connectivity index (χ1v) is 7.91. The summed E-state index contributed by atoms with van der Waals surface area (Å²) in [5.74, 6) is -0.468. The van der Waals surface area contributed by atoms with Crippen molar-refractivity contribution in [3.63, 3.8) is 0 Å². The highest BCUT2D eigenvalue weighted by Gasteiger charge is 2.35. The number of benzene rings is 2. The van der Waals surface area contributed by atoms with Gasteiger partial charge in [-0.2, -0.15) is 0 Å². The lowest BCUT2D eigenvalue weighted by molar-refractivity contribution is -0.116. The third-order valence-electron chi connectivity index (χ3n) is 4.64. The maximum Gasteiger partial charge on any atom is 0.261 e. The van der Waals surface area contributed by atoms with Crippen LogP contribution in [-0.2, 0) is 17.8 Å². The van der Waals surface area contributed by atoms with E-state index >= 15 is 0 Å². The molecular weight excluding hydrogens is 304 g/mol. The number of carbonyl (C=O) groups excluding carboxylic acids is 3. The van der Waals surface area contributed by atoms with Crippen molar-refractivity contribution < 1.29 is 14.4 Å². The molecule has 2 aliphatic rings. The Labute approximate surface area is 139 Å². The van der Waals surface area contributed by atoms with Crippen molar-refractivity contribution in [2.24, 2.45) is 0 Å². The number of hydrogen-bond donors (Lipinski definition) is 0. The maximum absolute atomic E-state index is 12.4. The smallest absolute Gasteiger partial charge is 0.261 e. The van der Waals surface area contributed by atoms with Crippen LogP contribution in [0.4, 0.5) is 5.69 Å².